The van der Waals surface area contributed by atoms with Gasteiger partial charge in [-0.25, -0.2) is 0 Å². The molecular formula is C15H31N3O. The molecule has 2 heterocycles. The van der Waals surface area contributed by atoms with Gasteiger partial charge in [-0.1, -0.05) is 6.92 Å². The number of hydrogen-bond donors (Lipinski definition) is 1. The van der Waals surface area contributed by atoms with Crippen molar-refractivity contribution in [3.05, 3.63) is 0 Å². The molecule has 1 N–H and O–H groups in total. The standard InChI is InChI=1S/C15H31N3O/c1-15(6-7-16-12-15)13-18-8-4-14(5-9-18)19-11-10-17(2)3/h14,16H,4-13H2,1-3H3. The second-order valence-electron chi connectivity index (χ2n) is 6.89. The molecule has 0 bridgehead atoms. The van der Waals surface area contributed by atoms with Crippen LogP contribution >= 0.6 is 0 Å². The van der Waals surface area contributed by atoms with Crippen molar-refractivity contribution in [1.29, 1.82) is 0 Å². The minimum Gasteiger partial charge on any atom is -0.377 e. The van der Waals surface area contributed by atoms with Gasteiger partial charge in [0.25, 0.3) is 0 Å². The van der Waals surface area contributed by atoms with E-state index in [9.17, 15) is 0 Å². The van der Waals surface area contributed by atoms with E-state index in [1.807, 2.05) is 0 Å². The summed E-state index contributed by atoms with van der Waals surface area (Å²) in [5.41, 5.74) is 0.499. The molecule has 112 valence electrons. The Labute approximate surface area is 118 Å². The summed E-state index contributed by atoms with van der Waals surface area (Å²) in [5.74, 6) is 0. The fraction of sp³-hybridized carbons (Fsp3) is 1.00. The molecule has 0 radical (unpaired) electrons. The molecule has 2 aliphatic rings. The van der Waals surface area contributed by atoms with Gasteiger partial charge in [-0.05, 0) is 45.3 Å². The maximum Gasteiger partial charge on any atom is 0.0600 e. The SMILES string of the molecule is CN(C)CCOC1CCN(CC2(C)CCNC2)CC1. The summed E-state index contributed by atoms with van der Waals surface area (Å²) < 4.78 is 5.96. The molecule has 0 aromatic carbocycles. The average Bonchev–Trinajstić information content (AvgIpc) is 2.78. The highest BCUT2D eigenvalue weighted by Gasteiger charge is 2.32. The Bertz CT molecular complexity index is 256. The predicted molar refractivity (Wildman–Crippen MR) is 79.6 cm³/mol. The number of nitrogens with one attached hydrogen (secondary N) is 1. The first-order valence-electron chi connectivity index (χ1n) is 7.77. The zero-order chi connectivity index (χ0) is 13.7. The van der Waals surface area contributed by atoms with Crippen LogP contribution in [0, 0.1) is 5.41 Å². The lowest BCUT2D eigenvalue weighted by Gasteiger charge is -2.37. The summed E-state index contributed by atoms with van der Waals surface area (Å²) in [5, 5.41) is 3.49. The highest BCUT2D eigenvalue weighted by atomic mass is 16.5. The monoisotopic (exact) mass is 269 g/mol. The average molecular weight is 269 g/mol. The largest absolute Gasteiger partial charge is 0.377 e. The summed E-state index contributed by atoms with van der Waals surface area (Å²) in [6, 6.07) is 0. The van der Waals surface area contributed by atoms with Crippen molar-refractivity contribution in [2.24, 2.45) is 5.41 Å². The van der Waals surface area contributed by atoms with E-state index in [1.165, 1.54) is 52.0 Å². The first-order chi connectivity index (χ1) is 9.07. The van der Waals surface area contributed by atoms with Crippen LogP contribution in [0.5, 0.6) is 0 Å². The predicted octanol–water partition coefficient (Wildman–Crippen LogP) is 1.03. The van der Waals surface area contributed by atoms with E-state index in [-0.39, 0.29) is 0 Å². The molecule has 0 amide bonds. The van der Waals surface area contributed by atoms with Crippen LogP contribution in [-0.4, -0.2) is 75.9 Å². The van der Waals surface area contributed by atoms with Crippen molar-refractivity contribution in [1.82, 2.24) is 15.1 Å². The molecule has 19 heavy (non-hydrogen) atoms. The third kappa shape index (κ3) is 5.03. The van der Waals surface area contributed by atoms with Gasteiger partial charge >= 0.3 is 0 Å². The summed E-state index contributed by atoms with van der Waals surface area (Å²) in [7, 11) is 4.20. The van der Waals surface area contributed by atoms with Gasteiger partial charge < -0.3 is 19.9 Å². The highest BCUT2D eigenvalue weighted by molar-refractivity contribution is 4.88. The normalized spacial score (nSPS) is 30.3. The highest BCUT2D eigenvalue weighted by Crippen LogP contribution is 2.27. The molecule has 0 aliphatic carbocycles. The number of ether oxygens (including phenoxy) is 1. The maximum absolute atomic E-state index is 5.96. The molecule has 0 saturated carbocycles. The Hall–Kier alpha value is -0.160. The molecule has 4 nitrogen and oxygen atoms in total. The summed E-state index contributed by atoms with van der Waals surface area (Å²) in [4.78, 5) is 4.82. The van der Waals surface area contributed by atoms with E-state index in [0.717, 1.165) is 13.2 Å². The van der Waals surface area contributed by atoms with Gasteiger partial charge in [-0.15, -0.1) is 0 Å². The first kappa shape index (κ1) is 15.2. The van der Waals surface area contributed by atoms with Crippen LogP contribution in [-0.2, 0) is 4.74 Å². The van der Waals surface area contributed by atoms with Crippen molar-refractivity contribution in [3.8, 4) is 0 Å². The van der Waals surface area contributed by atoms with Crippen LogP contribution in [0.4, 0.5) is 0 Å². The van der Waals surface area contributed by atoms with Gasteiger partial charge in [-0.2, -0.15) is 0 Å². The van der Waals surface area contributed by atoms with Gasteiger partial charge in [0.15, 0.2) is 0 Å². The molecule has 2 fully saturated rings. The van der Waals surface area contributed by atoms with Crippen LogP contribution in [0.3, 0.4) is 0 Å². The molecule has 0 aromatic heterocycles. The molecule has 2 saturated heterocycles. The zero-order valence-electron chi connectivity index (χ0n) is 13.0. The van der Waals surface area contributed by atoms with Crippen molar-refractivity contribution >= 4 is 0 Å². The van der Waals surface area contributed by atoms with Crippen LogP contribution in [0.15, 0.2) is 0 Å². The quantitative estimate of drug-likeness (QED) is 0.779. The maximum atomic E-state index is 5.96. The molecule has 1 unspecified atom stereocenters. The first-order valence-corrected chi connectivity index (χ1v) is 7.77. The van der Waals surface area contributed by atoms with Crippen molar-refractivity contribution in [3.63, 3.8) is 0 Å². The van der Waals surface area contributed by atoms with Gasteiger partial charge in [0.05, 0.1) is 12.7 Å². The third-order valence-corrected chi connectivity index (χ3v) is 4.49. The number of rotatable bonds is 6. The van der Waals surface area contributed by atoms with Crippen molar-refractivity contribution in [2.75, 3.05) is 60.0 Å². The number of nitrogens with zero attached hydrogens (tertiary/aromatic N) is 2. The van der Waals surface area contributed by atoms with E-state index in [4.69, 9.17) is 4.74 Å². The van der Waals surface area contributed by atoms with Crippen LogP contribution in [0.25, 0.3) is 0 Å². The van der Waals surface area contributed by atoms with Gasteiger partial charge in [0, 0.05) is 32.7 Å². The Kier molecular flexibility index (Phi) is 5.63. The minimum absolute atomic E-state index is 0.491. The lowest BCUT2D eigenvalue weighted by atomic mass is 9.88. The van der Waals surface area contributed by atoms with E-state index in [1.54, 1.807) is 0 Å². The summed E-state index contributed by atoms with van der Waals surface area (Å²) >= 11 is 0. The second kappa shape index (κ2) is 7.02. The van der Waals surface area contributed by atoms with Crippen molar-refractivity contribution < 1.29 is 4.74 Å². The Morgan fingerprint density at radius 2 is 2.05 bits per heavy atom. The summed E-state index contributed by atoms with van der Waals surface area (Å²) in [6.45, 7) is 10.4. The van der Waals surface area contributed by atoms with Crippen molar-refractivity contribution in [2.45, 2.75) is 32.3 Å². The minimum atomic E-state index is 0.491. The topological polar surface area (TPSA) is 27.7 Å². The Balaban J connectivity index is 1.62. The zero-order valence-corrected chi connectivity index (χ0v) is 13.0. The fourth-order valence-corrected chi connectivity index (χ4v) is 3.18. The molecule has 0 spiro atoms. The van der Waals surface area contributed by atoms with E-state index < -0.39 is 0 Å². The molecular weight excluding hydrogens is 238 g/mol. The van der Waals surface area contributed by atoms with Gasteiger partial charge in [-0.3, -0.25) is 0 Å². The van der Waals surface area contributed by atoms with Crippen LogP contribution in [0.1, 0.15) is 26.2 Å². The summed E-state index contributed by atoms with van der Waals surface area (Å²) in [6.07, 6.45) is 4.23. The molecule has 1 atom stereocenters. The number of piperidine rings is 1. The van der Waals surface area contributed by atoms with Crippen LogP contribution < -0.4 is 5.32 Å². The molecule has 0 aromatic rings. The Morgan fingerprint density at radius 1 is 1.32 bits per heavy atom. The number of likely N-dealkylation sites (tertiary alicyclic amines) is 1. The molecule has 2 rings (SSSR count). The lowest BCUT2D eigenvalue weighted by molar-refractivity contribution is -0.00400. The van der Waals surface area contributed by atoms with E-state index in [0.29, 0.717) is 11.5 Å². The van der Waals surface area contributed by atoms with E-state index in [2.05, 4.69) is 36.1 Å². The van der Waals surface area contributed by atoms with E-state index >= 15 is 0 Å². The van der Waals surface area contributed by atoms with Crippen LogP contribution in [0.2, 0.25) is 0 Å². The molecule has 4 heteroatoms. The smallest absolute Gasteiger partial charge is 0.0600 e. The number of hydrogen-bond acceptors (Lipinski definition) is 4. The fourth-order valence-electron chi connectivity index (χ4n) is 3.18. The van der Waals surface area contributed by atoms with Gasteiger partial charge in [0.1, 0.15) is 0 Å². The number of likely N-dealkylation sites (N-methyl/N-ethyl adjacent to an activating group) is 1. The van der Waals surface area contributed by atoms with Gasteiger partial charge in [0.2, 0.25) is 0 Å². The third-order valence-electron chi connectivity index (χ3n) is 4.49. The lowest BCUT2D eigenvalue weighted by Crippen LogP contribution is -2.43. The Morgan fingerprint density at radius 3 is 2.63 bits per heavy atom. The second-order valence-corrected chi connectivity index (χ2v) is 6.89. The molecule has 2 aliphatic heterocycles.